The SMILES string of the molecule is CCOc1cc(Br)cc(F)c1I. The lowest BCUT2D eigenvalue weighted by atomic mass is 10.3. The second-order valence-corrected chi connectivity index (χ2v) is 4.13. The van der Waals surface area contributed by atoms with Crippen molar-refractivity contribution in [1.82, 2.24) is 0 Å². The number of rotatable bonds is 2. The number of hydrogen-bond acceptors (Lipinski definition) is 1. The van der Waals surface area contributed by atoms with Crippen LogP contribution in [0.4, 0.5) is 4.39 Å². The van der Waals surface area contributed by atoms with Crippen molar-refractivity contribution in [3.8, 4) is 5.75 Å². The molecule has 4 heteroatoms. The topological polar surface area (TPSA) is 9.23 Å². The lowest BCUT2D eigenvalue weighted by molar-refractivity contribution is 0.335. The van der Waals surface area contributed by atoms with E-state index >= 15 is 0 Å². The summed E-state index contributed by atoms with van der Waals surface area (Å²) in [6, 6.07) is 3.18. The maximum atomic E-state index is 13.0. The molecule has 0 unspecified atom stereocenters. The Labute approximate surface area is 92.6 Å². The van der Waals surface area contributed by atoms with Crippen LogP contribution in [0.3, 0.4) is 0 Å². The van der Waals surface area contributed by atoms with E-state index in [0.717, 1.165) is 0 Å². The Kier molecular flexibility index (Phi) is 3.77. The summed E-state index contributed by atoms with van der Waals surface area (Å²) in [5, 5.41) is 0. The maximum absolute atomic E-state index is 13.0. The van der Waals surface area contributed by atoms with Gasteiger partial charge in [0, 0.05) is 4.47 Å². The fourth-order valence-corrected chi connectivity index (χ4v) is 1.67. The Balaban J connectivity index is 3.09. The molecule has 0 heterocycles. The van der Waals surface area contributed by atoms with Crippen molar-refractivity contribution in [3.63, 3.8) is 0 Å². The number of ether oxygens (including phenoxy) is 1. The van der Waals surface area contributed by atoms with Crippen molar-refractivity contribution in [2.75, 3.05) is 6.61 Å². The number of hydrogen-bond donors (Lipinski definition) is 0. The number of halogens is 3. The zero-order valence-electron chi connectivity index (χ0n) is 6.40. The van der Waals surface area contributed by atoms with Crippen LogP contribution in [-0.2, 0) is 0 Å². The normalized spacial score (nSPS) is 10.0. The van der Waals surface area contributed by atoms with E-state index < -0.39 is 0 Å². The molecule has 1 nitrogen and oxygen atoms in total. The van der Waals surface area contributed by atoms with Gasteiger partial charge in [-0.25, -0.2) is 4.39 Å². The summed E-state index contributed by atoms with van der Waals surface area (Å²) in [4.78, 5) is 0. The van der Waals surface area contributed by atoms with Crippen LogP contribution in [-0.4, -0.2) is 6.61 Å². The van der Waals surface area contributed by atoms with Gasteiger partial charge in [0.1, 0.15) is 11.6 Å². The second-order valence-electron chi connectivity index (χ2n) is 2.13. The summed E-state index contributed by atoms with van der Waals surface area (Å²) in [6.07, 6.45) is 0. The molecule has 12 heavy (non-hydrogen) atoms. The summed E-state index contributed by atoms with van der Waals surface area (Å²) < 4.78 is 19.5. The molecule has 0 fully saturated rings. The summed E-state index contributed by atoms with van der Waals surface area (Å²) in [6.45, 7) is 2.42. The van der Waals surface area contributed by atoms with Gasteiger partial charge in [-0.15, -0.1) is 0 Å². The van der Waals surface area contributed by atoms with Gasteiger partial charge < -0.3 is 4.74 Å². The van der Waals surface area contributed by atoms with Crippen molar-refractivity contribution in [1.29, 1.82) is 0 Å². The van der Waals surface area contributed by atoms with E-state index in [2.05, 4.69) is 15.9 Å². The quantitative estimate of drug-likeness (QED) is 0.588. The Morgan fingerprint density at radius 1 is 1.58 bits per heavy atom. The van der Waals surface area contributed by atoms with Crippen LogP contribution in [0, 0.1) is 9.39 Å². The smallest absolute Gasteiger partial charge is 0.141 e. The molecule has 1 rings (SSSR count). The number of benzene rings is 1. The van der Waals surface area contributed by atoms with Crippen LogP contribution in [0.15, 0.2) is 16.6 Å². The first kappa shape index (κ1) is 10.2. The van der Waals surface area contributed by atoms with E-state index in [4.69, 9.17) is 4.74 Å². The zero-order valence-corrected chi connectivity index (χ0v) is 10.1. The van der Waals surface area contributed by atoms with Gasteiger partial charge in [-0.3, -0.25) is 0 Å². The molecule has 0 saturated heterocycles. The monoisotopic (exact) mass is 344 g/mol. The van der Waals surface area contributed by atoms with E-state index in [0.29, 0.717) is 20.4 Å². The lowest BCUT2D eigenvalue weighted by Gasteiger charge is -2.06. The first-order valence-corrected chi connectivity index (χ1v) is 5.29. The Bertz CT molecular complexity index is 291. The molecule has 1 aromatic carbocycles. The molecule has 0 saturated carbocycles. The summed E-state index contributed by atoms with van der Waals surface area (Å²) in [5.41, 5.74) is 0. The van der Waals surface area contributed by atoms with Crippen molar-refractivity contribution in [2.45, 2.75) is 6.92 Å². The molecule has 0 spiro atoms. The fourth-order valence-electron chi connectivity index (χ4n) is 0.793. The van der Waals surface area contributed by atoms with Gasteiger partial charge in [0.05, 0.1) is 10.2 Å². The molecule has 0 amide bonds. The molecule has 0 radical (unpaired) electrons. The third-order valence-electron chi connectivity index (χ3n) is 1.26. The molecule has 0 aliphatic heterocycles. The van der Waals surface area contributed by atoms with Gasteiger partial charge in [0.25, 0.3) is 0 Å². The van der Waals surface area contributed by atoms with Crippen LogP contribution in [0.2, 0.25) is 0 Å². The minimum Gasteiger partial charge on any atom is -0.493 e. The fraction of sp³-hybridized carbons (Fsp3) is 0.250. The third kappa shape index (κ3) is 2.32. The van der Waals surface area contributed by atoms with Crippen LogP contribution in [0.5, 0.6) is 5.75 Å². The highest BCUT2D eigenvalue weighted by Gasteiger charge is 2.07. The average molecular weight is 345 g/mol. The summed E-state index contributed by atoms with van der Waals surface area (Å²) >= 11 is 5.12. The highest BCUT2D eigenvalue weighted by atomic mass is 127. The van der Waals surface area contributed by atoms with Crippen molar-refractivity contribution in [2.24, 2.45) is 0 Å². The standard InChI is InChI=1S/C8H7BrFIO/c1-2-12-7-4-5(9)3-6(10)8(7)11/h3-4H,2H2,1H3. The molecule has 0 N–H and O–H groups in total. The molecule has 66 valence electrons. The van der Waals surface area contributed by atoms with Crippen molar-refractivity contribution in [3.05, 3.63) is 26.0 Å². The van der Waals surface area contributed by atoms with Crippen molar-refractivity contribution >= 4 is 38.5 Å². The first-order chi connectivity index (χ1) is 5.65. The zero-order chi connectivity index (χ0) is 9.14. The Morgan fingerprint density at radius 3 is 2.83 bits per heavy atom. The van der Waals surface area contributed by atoms with E-state index in [1.807, 2.05) is 29.5 Å². The first-order valence-electron chi connectivity index (χ1n) is 3.42. The lowest BCUT2D eigenvalue weighted by Crippen LogP contribution is -1.95. The molecule has 0 aliphatic carbocycles. The molecule has 0 bridgehead atoms. The molecular formula is C8H7BrFIO. The van der Waals surface area contributed by atoms with E-state index in [1.54, 1.807) is 6.07 Å². The molecule has 1 aromatic rings. The largest absolute Gasteiger partial charge is 0.493 e. The minimum absolute atomic E-state index is 0.256. The predicted octanol–water partition coefficient (Wildman–Crippen LogP) is 3.59. The van der Waals surface area contributed by atoms with Gasteiger partial charge in [-0.05, 0) is 41.6 Å². The minimum atomic E-state index is -0.256. The van der Waals surface area contributed by atoms with Gasteiger partial charge in [-0.2, -0.15) is 0 Å². The second kappa shape index (κ2) is 4.41. The van der Waals surface area contributed by atoms with E-state index in [1.165, 1.54) is 6.07 Å². The van der Waals surface area contributed by atoms with Crippen LogP contribution >= 0.6 is 38.5 Å². The highest BCUT2D eigenvalue weighted by Crippen LogP contribution is 2.27. The van der Waals surface area contributed by atoms with Gasteiger partial charge in [0.15, 0.2) is 0 Å². The molecular weight excluding hydrogens is 338 g/mol. The predicted molar refractivity (Wildman–Crippen MR) is 58.0 cm³/mol. The third-order valence-corrected chi connectivity index (χ3v) is 2.76. The van der Waals surface area contributed by atoms with Gasteiger partial charge >= 0.3 is 0 Å². The molecule has 0 aromatic heterocycles. The van der Waals surface area contributed by atoms with Crippen molar-refractivity contribution < 1.29 is 9.13 Å². The van der Waals surface area contributed by atoms with Crippen LogP contribution in [0.25, 0.3) is 0 Å². The maximum Gasteiger partial charge on any atom is 0.141 e. The van der Waals surface area contributed by atoms with E-state index in [9.17, 15) is 4.39 Å². The average Bonchev–Trinajstić information content (AvgIpc) is 2.00. The van der Waals surface area contributed by atoms with Gasteiger partial charge in [-0.1, -0.05) is 15.9 Å². The Morgan fingerprint density at radius 2 is 2.25 bits per heavy atom. The summed E-state index contributed by atoms with van der Waals surface area (Å²) in [5.74, 6) is 0.332. The molecule has 0 aliphatic rings. The molecule has 0 atom stereocenters. The summed E-state index contributed by atoms with van der Waals surface area (Å²) in [7, 11) is 0. The highest BCUT2D eigenvalue weighted by molar-refractivity contribution is 14.1. The van der Waals surface area contributed by atoms with Crippen LogP contribution in [0.1, 0.15) is 6.92 Å². The Hall–Kier alpha value is 0.160. The van der Waals surface area contributed by atoms with Crippen LogP contribution < -0.4 is 4.74 Å². The van der Waals surface area contributed by atoms with E-state index in [-0.39, 0.29) is 5.82 Å². The van der Waals surface area contributed by atoms with Gasteiger partial charge in [0.2, 0.25) is 0 Å².